The van der Waals surface area contributed by atoms with Gasteiger partial charge in [-0.1, -0.05) is 34.9 Å². The fraction of sp³-hybridized carbons (Fsp3) is 0.455. The van der Waals surface area contributed by atoms with Gasteiger partial charge in [0.05, 0.1) is 0 Å². The lowest BCUT2D eigenvalue weighted by atomic mass is 9.94. The Morgan fingerprint density at radius 3 is 2.08 bits per heavy atom. The molecule has 0 aromatic rings. The van der Waals surface area contributed by atoms with Gasteiger partial charge in [0.2, 0.25) is 0 Å². The van der Waals surface area contributed by atoms with Crippen molar-refractivity contribution in [2.75, 3.05) is 0 Å². The molecule has 0 aromatic carbocycles. The van der Waals surface area contributed by atoms with Gasteiger partial charge in [0.25, 0.3) is 0 Å². The molecule has 0 heterocycles. The average Bonchev–Trinajstić information content (AvgIpc) is 2.49. The summed E-state index contributed by atoms with van der Waals surface area (Å²) in [6.07, 6.45) is 14.3. The van der Waals surface area contributed by atoms with Crippen LogP contribution >= 0.6 is 0 Å². The van der Waals surface area contributed by atoms with Crippen molar-refractivity contribution >= 4 is 11.6 Å². The molecule has 0 amide bonds. The van der Waals surface area contributed by atoms with Crippen LogP contribution < -0.4 is 0 Å². The van der Waals surface area contributed by atoms with E-state index < -0.39 is 0 Å². The summed E-state index contributed by atoms with van der Waals surface area (Å²) in [4.78, 5) is 23.5. The first-order valence-electron chi connectivity index (χ1n) is 8.71. The van der Waals surface area contributed by atoms with Crippen LogP contribution in [0.5, 0.6) is 0 Å². The molecule has 1 aliphatic carbocycles. The van der Waals surface area contributed by atoms with Gasteiger partial charge in [0, 0.05) is 11.1 Å². The van der Waals surface area contributed by atoms with Crippen molar-refractivity contribution in [3.63, 3.8) is 0 Å². The first kappa shape index (κ1) is 20.1. The molecule has 0 bridgehead atoms. The molecule has 2 heteroatoms. The number of carbonyl (C=O) groups is 2. The summed E-state index contributed by atoms with van der Waals surface area (Å²) in [7, 11) is 0. The van der Waals surface area contributed by atoms with Crippen LogP contribution in [-0.4, -0.2) is 11.6 Å². The number of hydrogen-bond donors (Lipinski definition) is 0. The summed E-state index contributed by atoms with van der Waals surface area (Å²) in [5.74, 6) is -0.0864. The maximum Gasteiger partial charge on any atom is 0.185 e. The highest BCUT2D eigenvalue weighted by atomic mass is 16.1. The molecule has 0 atom stereocenters. The largest absolute Gasteiger partial charge is 0.290 e. The zero-order valence-corrected chi connectivity index (χ0v) is 15.7. The third kappa shape index (κ3) is 7.54. The van der Waals surface area contributed by atoms with Gasteiger partial charge in [-0.2, -0.15) is 0 Å². The van der Waals surface area contributed by atoms with E-state index >= 15 is 0 Å². The summed E-state index contributed by atoms with van der Waals surface area (Å²) in [6.45, 7) is 10.2. The quantitative estimate of drug-likeness (QED) is 0.416. The molecule has 1 rings (SSSR count). The van der Waals surface area contributed by atoms with Gasteiger partial charge in [-0.15, -0.1) is 0 Å². The molecule has 2 nitrogen and oxygen atoms in total. The van der Waals surface area contributed by atoms with Crippen LogP contribution in [0.2, 0.25) is 0 Å². The highest BCUT2D eigenvalue weighted by Crippen LogP contribution is 2.18. The van der Waals surface area contributed by atoms with E-state index in [1.54, 1.807) is 6.92 Å². The molecular formula is C22H30O2. The fourth-order valence-corrected chi connectivity index (χ4v) is 2.59. The van der Waals surface area contributed by atoms with Crippen LogP contribution in [-0.2, 0) is 9.59 Å². The summed E-state index contributed by atoms with van der Waals surface area (Å²) in [6, 6.07) is 0. The maximum atomic E-state index is 12.0. The van der Waals surface area contributed by atoms with Gasteiger partial charge >= 0.3 is 0 Å². The second kappa shape index (κ2) is 10.0. The van der Waals surface area contributed by atoms with E-state index in [1.165, 1.54) is 28.9 Å². The van der Waals surface area contributed by atoms with Crippen LogP contribution in [0.4, 0.5) is 0 Å². The van der Waals surface area contributed by atoms with Crippen molar-refractivity contribution in [2.24, 2.45) is 0 Å². The van der Waals surface area contributed by atoms with Gasteiger partial charge in [0.1, 0.15) is 0 Å². The molecule has 0 unspecified atom stereocenters. The van der Waals surface area contributed by atoms with Crippen molar-refractivity contribution < 1.29 is 9.59 Å². The fourth-order valence-electron chi connectivity index (χ4n) is 2.59. The standard InChI is InChI=1S/C22H30O2/c1-16(2)8-6-9-17(3)10-7-11-18(4)12-13-20-15-21(23)14-19(5)22(20)24/h8,10,12,14-15H,6-7,9,11,13H2,1-5H3/b17-10+,18-12+. The monoisotopic (exact) mass is 326 g/mol. The SMILES string of the molecule is CC(C)=CCC/C(C)=C/CC/C(C)=C/CC1=CC(=O)C=C(C)C1=O. The van der Waals surface area contributed by atoms with E-state index in [2.05, 4.69) is 45.9 Å². The Balaban J connectivity index is 2.44. The van der Waals surface area contributed by atoms with Gasteiger partial charge in [-0.3, -0.25) is 9.59 Å². The number of allylic oxidation sites excluding steroid dienone is 10. The number of rotatable bonds is 8. The molecule has 0 spiro atoms. The lowest BCUT2D eigenvalue weighted by Gasteiger charge is -2.09. The molecule has 0 aromatic heterocycles. The van der Waals surface area contributed by atoms with Crippen LogP contribution in [0.15, 0.2) is 58.2 Å². The minimum absolute atomic E-state index is 0.00587. The molecule has 0 radical (unpaired) electrons. The van der Waals surface area contributed by atoms with Gasteiger partial charge < -0.3 is 0 Å². The van der Waals surface area contributed by atoms with E-state index in [-0.39, 0.29) is 11.6 Å². The Morgan fingerprint density at radius 2 is 1.46 bits per heavy atom. The smallest absolute Gasteiger partial charge is 0.185 e. The number of Topliss-reactive ketones (excluding diaryl/α,β-unsaturated/α-hetero) is 1. The molecule has 0 fully saturated rings. The summed E-state index contributed by atoms with van der Waals surface area (Å²) in [5, 5.41) is 0. The van der Waals surface area contributed by atoms with Crippen LogP contribution in [0.3, 0.4) is 0 Å². The zero-order valence-electron chi connectivity index (χ0n) is 15.7. The van der Waals surface area contributed by atoms with Gasteiger partial charge in [0.15, 0.2) is 11.6 Å². The zero-order chi connectivity index (χ0) is 18.1. The normalized spacial score (nSPS) is 16.0. The second-order valence-corrected chi connectivity index (χ2v) is 6.89. The molecular weight excluding hydrogens is 296 g/mol. The van der Waals surface area contributed by atoms with Crippen LogP contribution in [0.1, 0.15) is 66.7 Å². The minimum Gasteiger partial charge on any atom is -0.290 e. The lowest BCUT2D eigenvalue weighted by Crippen LogP contribution is -2.12. The Kier molecular flexibility index (Phi) is 8.39. The number of ketones is 2. The van der Waals surface area contributed by atoms with Crippen molar-refractivity contribution in [3.8, 4) is 0 Å². The van der Waals surface area contributed by atoms with E-state index in [9.17, 15) is 9.59 Å². The molecule has 0 saturated heterocycles. The topological polar surface area (TPSA) is 34.1 Å². The van der Waals surface area contributed by atoms with Crippen LogP contribution in [0.25, 0.3) is 0 Å². The highest BCUT2D eigenvalue weighted by Gasteiger charge is 2.17. The number of hydrogen-bond acceptors (Lipinski definition) is 2. The Morgan fingerprint density at radius 1 is 0.875 bits per heavy atom. The minimum atomic E-state index is -0.0805. The van der Waals surface area contributed by atoms with E-state index in [4.69, 9.17) is 0 Å². The first-order valence-corrected chi connectivity index (χ1v) is 8.71. The predicted molar refractivity (Wildman–Crippen MR) is 102 cm³/mol. The molecule has 0 aliphatic heterocycles. The summed E-state index contributed by atoms with van der Waals surface area (Å²) < 4.78 is 0. The Hall–Kier alpha value is -1.96. The molecule has 24 heavy (non-hydrogen) atoms. The predicted octanol–water partition coefficient (Wildman–Crippen LogP) is 5.82. The molecule has 130 valence electrons. The Bertz CT molecular complexity index is 633. The average molecular weight is 326 g/mol. The summed E-state index contributed by atoms with van der Waals surface area (Å²) >= 11 is 0. The summed E-state index contributed by atoms with van der Waals surface area (Å²) in [5.41, 5.74) is 5.21. The molecule has 0 N–H and O–H groups in total. The van der Waals surface area contributed by atoms with E-state index in [1.807, 2.05) is 0 Å². The third-order valence-electron chi connectivity index (χ3n) is 4.12. The van der Waals surface area contributed by atoms with E-state index in [0.29, 0.717) is 17.6 Å². The van der Waals surface area contributed by atoms with Crippen LogP contribution in [0, 0.1) is 0 Å². The number of carbonyl (C=O) groups excluding carboxylic acids is 2. The lowest BCUT2D eigenvalue weighted by molar-refractivity contribution is -0.115. The Labute approximate surface area is 146 Å². The highest BCUT2D eigenvalue weighted by molar-refractivity contribution is 6.20. The third-order valence-corrected chi connectivity index (χ3v) is 4.12. The molecule has 0 saturated carbocycles. The van der Waals surface area contributed by atoms with Crippen molar-refractivity contribution in [1.29, 1.82) is 0 Å². The maximum absolute atomic E-state index is 12.0. The van der Waals surface area contributed by atoms with Gasteiger partial charge in [-0.05, 0) is 78.9 Å². The molecule has 1 aliphatic rings. The second-order valence-electron chi connectivity index (χ2n) is 6.89. The van der Waals surface area contributed by atoms with Crippen molar-refractivity contribution in [3.05, 3.63) is 58.2 Å². The van der Waals surface area contributed by atoms with Gasteiger partial charge in [-0.25, -0.2) is 0 Å². The van der Waals surface area contributed by atoms with E-state index in [0.717, 1.165) is 25.7 Å². The first-order chi connectivity index (χ1) is 11.3. The van der Waals surface area contributed by atoms with Crippen molar-refractivity contribution in [1.82, 2.24) is 0 Å². The van der Waals surface area contributed by atoms with Crippen molar-refractivity contribution in [2.45, 2.75) is 66.7 Å².